The van der Waals surface area contributed by atoms with Gasteiger partial charge in [-0.1, -0.05) is 6.07 Å². The highest BCUT2D eigenvalue weighted by Crippen LogP contribution is 2.20. The molecule has 1 aliphatic rings. The second kappa shape index (κ2) is 5.70. The first kappa shape index (κ1) is 15.3. The largest absolute Gasteiger partial charge is 0.289 e. The molecule has 0 bridgehead atoms. The van der Waals surface area contributed by atoms with Gasteiger partial charge in [-0.05, 0) is 40.2 Å². The summed E-state index contributed by atoms with van der Waals surface area (Å²) in [5.74, 6) is -0.304. The van der Waals surface area contributed by atoms with Crippen molar-refractivity contribution in [1.29, 1.82) is 0 Å². The fourth-order valence-electron chi connectivity index (χ4n) is 1.50. The molecule has 108 valence electrons. The van der Waals surface area contributed by atoms with Crippen molar-refractivity contribution in [2.75, 3.05) is 0 Å². The van der Waals surface area contributed by atoms with Crippen molar-refractivity contribution in [1.82, 2.24) is 0 Å². The molecule has 1 aromatic carbocycles. The van der Waals surface area contributed by atoms with Crippen LogP contribution in [0.1, 0.15) is 0 Å². The Hall–Kier alpha value is -2.13. The maximum Gasteiger partial charge on any atom is 0.283 e. The van der Waals surface area contributed by atoms with Crippen molar-refractivity contribution in [3.63, 3.8) is 0 Å². The van der Waals surface area contributed by atoms with Gasteiger partial charge in [-0.3, -0.25) is 14.9 Å². The lowest BCUT2D eigenvalue weighted by Gasteiger charge is -2.03. The highest BCUT2D eigenvalue weighted by molar-refractivity contribution is 9.12. The van der Waals surface area contributed by atoms with Crippen LogP contribution in [-0.2, 0) is 14.8 Å². The van der Waals surface area contributed by atoms with Crippen molar-refractivity contribution >= 4 is 43.1 Å². The van der Waals surface area contributed by atoms with Crippen LogP contribution in [0.4, 0.5) is 5.69 Å². The maximum atomic E-state index is 12.1. The van der Waals surface area contributed by atoms with E-state index in [1.54, 1.807) is 0 Å². The summed E-state index contributed by atoms with van der Waals surface area (Å²) in [5, 5.41) is 10.7. The molecule has 0 fully saturated rings. The Bertz CT molecular complexity index is 824. The number of nitro benzene ring substituents is 1. The summed E-state index contributed by atoms with van der Waals surface area (Å²) < 4.78 is 27.9. The third kappa shape index (κ3) is 3.50. The van der Waals surface area contributed by atoms with E-state index < -0.39 is 14.9 Å². The normalized spacial score (nSPS) is 16.9. The number of hydrogen-bond acceptors (Lipinski definition) is 5. The highest BCUT2D eigenvalue weighted by Gasteiger charge is 2.18. The number of non-ortho nitro benzene ring substituents is 1. The van der Waals surface area contributed by atoms with E-state index in [-0.39, 0.29) is 26.6 Å². The number of nitrogens with zero attached hydrogens (tertiary/aromatic N) is 2. The number of hydrogen-bond donors (Lipinski definition) is 0. The van der Waals surface area contributed by atoms with Crippen molar-refractivity contribution in [3.05, 3.63) is 57.1 Å². The van der Waals surface area contributed by atoms with Crippen LogP contribution in [0, 0.1) is 10.1 Å². The van der Waals surface area contributed by atoms with Crippen molar-refractivity contribution in [3.8, 4) is 0 Å². The quantitative estimate of drug-likeness (QED) is 0.460. The van der Waals surface area contributed by atoms with E-state index in [2.05, 4.69) is 20.3 Å². The summed E-state index contributed by atoms with van der Waals surface area (Å²) in [4.78, 5) is 20.9. The van der Waals surface area contributed by atoms with Crippen LogP contribution in [-0.4, -0.2) is 24.8 Å². The number of rotatable bonds is 3. The van der Waals surface area contributed by atoms with Crippen LogP contribution >= 0.6 is 15.9 Å². The van der Waals surface area contributed by atoms with Crippen LogP contribution < -0.4 is 0 Å². The number of ketones is 1. The molecular formula is C12H7BrN2O5S. The topological polar surface area (TPSA) is 107 Å². The summed E-state index contributed by atoms with van der Waals surface area (Å²) >= 11 is 2.98. The van der Waals surface area contributed by atoms with Crippen molar-refractivity contribution < 1.29 is 18.1 Å². The van der Waals surface area contributed by atoms with E-state index in [9.17, 15) is 23.3 Å². The van der Waals surface area contributed by atoms with Gasteiger partial charge in [-0.25, -0.2) is 0 Å². The van der Waals surface area contributed by atoms with Gasteiger partial charge in [0.15, 0.2) is 5.78 Å². The molecule has 0 saturated heterocycles. The number of benzene rings is 1. The van der Waals surface area contributed by atoms with Gasteiger partial charge >= 0.3 is 0 Å². The van der Waals surface area contributed by atoms with Crippen LogP contribution in [0.2, 0.25) is 0 Å². The Morgan fingerprint density at radius 2 is 1.95 bits per heavy atom. The molecule has 7 nitrogen and oxygen atoms in total. The molecule has 1 aliphatic carbocycles. The first-order valence-electron chi connectivity index (χ1n) is 5.48. The third-order valence-corrected chi connectivity index (χ3v) is 4.39. The van der Waals surface area contributed by atoms with E-state index in [0.29, 0.717) is 0 Å². The molecule has 0 heterocycles. The fraction of sp³-hybridized carbons (Fsp3) is 0. The van der Waals surface area contributed by atoms with Gasteiger partial charge in [0.2, 0.25) is 0 Å². The third-order valence-electron chi connectivity index (χ3n) is 2.47. The Labute approximate surface area is 128 Å². The first-order chi connectivity index (χ1) is 9.79. The lowest BCUT2D eigenvalue weighted by atomic mass is 10.2. The highest BCUT2D eigenvalue weighted by atomic mass is 79.9. The Kier molecular flexibility index (Phi) is 4.14. The van der Waals surface area contributed by atoms with E-state index in [4.69, 9.17) is 0 Å². The standard InChI is InChI=1S/C12H7BrN2O5S/c13-11-6-8(4-5-12(11)16)14-21(19,20)10-3-1-2-9(7-10)15(17)18/h1-7H. The Morgan fingerprint density at radius 1 is 1.24 bits per heavy atom. The molecular weight excluding hydrogens is 364 g/mol. The lowest BCUT2D eigenvalue weighted by molar-refractivity contribution is -0.385. The molecule has 0 radical (unpaired) electrons. The smallest absolute Gasteiger partial charge is 0.283 e. The van der Waals surface area contributed by atoms with Gasteiger partial charge in [0.1, 0.15) is 0 Å². The predicted molar refractivity (Wildman–Crippen MR) is 78.9 cm³/mol. The summed E-state index contributed by atoms with van der Waals surface area (Å²) in [6.45, 7) is 0. The Balaban J connectivity index is 2.44. The number of allylic oxidation sites excluding steroid dienone is 4. The van der Waals surface area contributed by atoms with Gasteiger partial charge in [0, 0.05) is 12.1 Å². The zero-order valence-electron chi connectivity index (χ0n) is 10.3. The summed E-state index contributed by atoms with van der Waals surface area (Å²) in [7, 11) is -4.10. The summed E-state index contributed by atoms with van der Waals surface area (Å²) in [6.07, 6.45) is 3.69. The van der Waals surface area contributed by atoms with Gasteiger partial charge in [0.25, 0.3) is 15.7 Å². The van der Waals surface area contributed by atoms with E-state index in [0.717, 1.165) is 6.07 Å². The predicted octanol–water partition coefficient (Wildman–Crippen LogP) is 2.14. The van der Waals surface area contributed by atoms with Crippen LogP contribution in [0.15, 0.2) is 56.3 Å². The van der Waals surface area contributed by atoms with Gasteiger partial charge in [0.05, 0.1) is 20.0 Å². The maximum absolute atomic E-state index is 12.1. The molecule has 1 aromatic rings. The Morgan fingerprint density at radius 3 is 2.57 bits per heavy atom. The monoisotopic (exact) mass is 370 g/mol. The SMILES string of the molecule is O=C1C=CC(=NS(=O)(=O)c2cccc([N+](=O)[O-])c2)C=C1Br. The summed E-state index contributed by atoms with van der Waals surface area (Å²) in [5.41, 5.74) is -0.296. The van der Waals surface area contributed by atoms with E-state index >= 15 is 0 Å². The molecule has 0 saturated carbocycles. The second-order valence-corrected chi connectivity index (χ2v) is 6.39. The number of sulfonamides is 1. The van der Waals surface area contributed by atoms with Crippen LogP contribution in [0.25, 0.3) is 0 Å². The zero-order chi connectivity index (χ0) is 15.6. The summed E-state index contributed by atoms with van der Waals surface area (Å²) in [6, 6.07) is 4.58. The zero-order valence-corrected chi connectivity index (χ0v) is 12.7. The average Bonchev–Trinajstić information content (AvgIpc) is 2.43. The molecule has 2 rings (SSSR count). The minimum Gasteiger partial charge on any atom is -0.289 e. The van der Waals surface area contributed by atoms with E-state index in [1.165, 1.54) is 36.4 Å². The van der Waals surface area contributed by atoms with Crippen molar-refractivity contribution in [2.24, 2.45) is 4.40 Å². The van der Waals surface area contributed by atoms with Crippen LogP contribution in [0.5, 0.6) is 0 Å². The number of carbonyl (C=O) groups excluding carboxylic acids is 1. The van der Waals surface area contributed by atoms with Gasteiger partial charge in [-0.15, -0.1) is 0 Å². The molecule has 0 atom stereocenters. The average molecular weight is 371 g/mol. The molecule has 0 spiro atoms. The molecule has 0 amide bonds. The molecule has 9 heteroatoms. The molecule has 0 unspecified atom stereocenters. The number of halogens is 1. The lowest BCUT2D eigenvalue weighted by Crippen LogP contribution is -2.07. The van der Waals surface area contributed by atoms with Crippen molar-refractivity contribution in [2.45, 2.75) is 4.90 Å². The second-order valence-electron chi connectivity index (χ2n) is 3.94. The van der Waals surface area contributed by atoms with Crippen LogP contribution in [0.3, 0.4) is 0 Å². The fourth-order valence-corrected chi connectivity index (χ4v) is 2.88. The number of carbonyl (C=O) groups is 1. The van der Waals surface area contributed by atoms with Gasteiger partial charge in [-0.2, -0.15) is 12.8 Å². The van der Waals surface area contributed by atoms with E-state index in [1.807, 2.05) is 0 Å². The molecule has 0 aliphatic heterocycles. The first-order valence-corrected chi connectivity index (χ1v) is 7.72. The molecule has 0 N–H and O–H groups in total. The minimum absolute atomic E-state index is 0.0491. The molecule has 0 aromatic heterocycles. The number of nitro groups is 1. The van der Waals surface area contributed by atoms with Gasteiger partial charge < -0.3 is 0 Å². The molecule has 21 heavy (non-hydrogen) atoms. The minimum atomic E-state index is -4.10.